The van der Waals surface area contributed by atoms with E-state index >= 15 is 0 Å². The summed E-state index contributed by atoms with van der Waals surface area (Å²) >= 11 is 5.92. The first-order chi connectivity index (χ1) is 10.3. The van der Waals surface area contributed by atoms with Crippen molar-refractivity contribution in [2.75, 3.05) is 0 Å². The smallest absolute Gasteiger partial charge is 0.153 e. The van der Waals surface area contributed by atoms with Crippen LogP contribution < -0.4 is 0 Å². The van der Waals surface area contributed by atoms with Crippen molar-refractivity contribution in [1.29, 1.82) is 0 Å². The number of aldehydes is 1. The molecule has 2 aromatic rings. The van der Waals surface area contributed by atoms with Gasteiger partial charge in [0, 0.05) is 16.8 Å². The third-order valence-corrected chi connectivity index (χ3v) is 4.46. The van der Waals surface area contributed by atoms with Gasteiger partial charge in [0.2, 0.25) is 0 Å². The number of carbonyl (C=O) groups is 1. The molecule has 1 aromatic carbocycles. The van der Waals surface area contributed by atoms with Gasteiger partial charge in [-0.2, -0.15) is 5.10 Å². The Labute approximate surface area is 129 Å². The highest BCUT2D eigenvalue weighted by Gasteiger charge is 2.18. The molecule has 0 spiro atoms. The molecule has 0 atom stereocenters. The lowest BCUT2D eigenvalue weighted by Gasteiger charge is -2.14. The van der Waals surface area contributed by atoms with Gasteiger partial charge >= 0.3 is 0 Å². The summed E-state index contributed by atoms with van der Waals surface area (Å²) in [5, 5.41) is 5.38. The number of halogens is 1. The number of benzene rings is 1. The molecule has 0 radical (unpaired) electrons. The minimum atomic E-state index is 0.423. The highest BCUT2D eigenvalue weighted by Crippen LogP contribution is 2.29. The van der Waals surface area contributed by atoms with Crippen molar-refractivity contribution in [2.24, 2.45) is 0 Å². The van der Waals surface area contributed by atoms with E-state index in [2.05, 4.69) is 5.10 Å². The summed E-state index contributed by atoms with van der Waals surface area (Å²) in [4.78, 5) is 11.4. The normalized spacial score (nSPS) is 16.6. The van der Waals surface area contributed by atoms with Crippen molar-refractivity contribution >= 4 is 17.9 Å². The Morgan fingerprint density at radius 3 is 2.38 bits per heavy atom. The van der Waals surface area contributed by atoms with Crippen LogP contribution in [0.5, 0.6) is 0 Å². The SMILES string of the molecule is O=Cc1cn(C2CCCCCC2)nc1-c1ccc(Cl)cc1. The van der Waals surface area contributed by atoms with Crippen LogP contribution in [0.3, 0.4) is 0 Å². The molecule has 21 heavy (non-hydrogen) atoms. The predicted molar refractivity (Wildman–Crippen MR) is 84.8 cm³/mol. The van der Waals surface area contributed by atoms with Crippen LogP contribution in [-0.4, -0.2) is 16.1 Å². The van der Waals surface area contributed by atoms with Crippen LogP contribution in [0.2, 0.25) is 5.02 Å². The second-order valence-electron chi connectivity index (χ2n) is 5.68. The van der Waals surface area contributed by atoms with Crippen LogP contribution >= 0.6 is 11.6 Å². The maximum Gasteiger partial charge on any atom is 0.153 e. The summed E-state index contributed by atoms with van der Waals surface area (Å²) in [5.41, 5.74) is 2.35. The quantitative estimate of drug-likeness (QED) is 0.596. The second kappa shape index (κ2) is 6.44. The van der Waals surface area contributed by atoms with Crippen molar-refractivity contribution < 1.29 is 4.79 Å². The molecule has 0 N–H and O–H groups in total. The summed E-state index contributed by atoms with van der Waals surface area (Å²) in [7, 11) is 0. The van der Waals surface area contributed by atoms with E-state index in [1.54, 1.807) is 0 Å². The molecule has 1 aliphatic rings. The summed E-state index contributed by atoms with van der Waals surface area (Å²) < 4.78 is 2.00. The Hall–Kier alpha value is -1.61. The molecule has 0 aliphatic heterocycles. The fraction of sp³-hybridized carbons (Fsp3) is 0.412. The third kappa shape index (κ3) is 3.18. The largest absolute Gasteiger partial charge is 0.298 e. The Morgan fingerprint density at radius 2 is 1.76 bits per heavy atom. The molecular weight excluding hydrogens is 284 g/mol. The van der Waals surface area contributed by atoms with Crippen LogP contribution in [-0.2, 0) is 0 Å². The lowest BCUT2D eigenvalue weighted by molar-refractivity contribution is 0.112. The zero-order chi connectivity index (χ0) is 14.7. The molecule has 4 heteroatoms. The van der Waals surface area contributed by atoms with Gasteiger partial charge in [0.25, 0.3) is 0 Å². The van der Waals surface area contributed by atoms with E-state index in [0.29, 0.717) is 16.6 Å². The van der Waals surface area contributed by atoms with Crippen molar-refractivity contribution in [3.8, 4) is 11.3 Å². The van der Waals surface area contributed by atoms with E-state index in [0.717, 1.165) is 30.4 Å². The zero-order valence-electron chi connectivity index (χ0n) is 12.0. The standard InChI is InChI=1S/C17H19ClN2O/c18-15-9-7-13(8-10-15)17-14(12-21)11-20(19-17)16-5-3-1-2-4-6-16/h7-12,16H,1-6H2. The van der Waals surface area contributed by atoms with Gasteiger partial charge in [-0.3, -0.25) is 9.48 Å². The summed E-state index contributed by atoms with van der Waals surface area (Å²) in [6.07, 6.45) is 10.2. The third-order valence-electron chi connectivity index (χ3n) is 4.20. The van der Waals surface area contributed by atoms with Crippen LogP contribution in [0.25, 0.3) is 11.3 Å². The van der Waals surface area contributed by atoms with Crippen molar-refractivity contribution in [2.45, 2.75) is 44.6 Å². The maximum atomic E-state index is 11.4. The van der Waals surface area contributed by atoms with Crippen LogP contribution in [0, 0.1) is 0 Å². The van der Waals surface area contributed by atoms with Gasteiger partial charge in [0.1, 0.15) is 5.69 Å². The molecule has 0 saturated heterocycles. The maximum absolute atomic E-state index is 11.4. The molecule has 3 rings (SSSR count). The molecule has 1 fully saturated rings. The zero-order valence-corrected chi connectivity index (χ0v) is 12.7. The Bertz CT molecular complexity index is 610. The van der Waals surface area contributed by atoms with Gasteiger partial charge in [0.05, 0.1) is 11.6 Å². The topological polar surface area (TPSA) is 34.9 Å². The fourth-order valence-electron chi connectivity index (χ4n) is 3.03. The number of rotatable bonds is 3. The molecule has 1 saturated carbocycles. The minimum Gasteiger partial charge on any atom is -0.298 e. The number of hydrogen-bond donors (Lipinski definition) is 0. The number of aromatic nitrogens is 2. The molecule has 0 unspecified atom stereocenters. The molecule has 110 valence electrons. The molecule has 1 heterocycles. The van der Waals surface area contributed by atoms with Gasteiger partial charge in [-0.05, 0) is 25.0 Å². The lowest BCUT2D eigenvalue weighted by atomic mass is 10.1. The Kier molecular flexibility index (Phi) is 4.39. The molecular formula is C17H19ClN2O. The Morgan fingerprint density at radius 1 is 1.10 bits per heavy atom. The highest BCUT2D eigenvalue weighted by molar-refractivity contribution is 6.30. The first kappa shape index (κ1) is 14.3. The van der Waals surface area contributed by atoms with E-state index in [-0.39, 0.29) is 0 Å². The summed E-state index contributed by atoms with van der Waals surface area (Å²) in [6, 6.07) is 7.91. The second-order valence-corrected chi connectivity index (χ2v) is 6.12. The van der Waals surface area contributed by atoms with Gasteiger partial charge < -0.3 is 0 Å². The van der Waals surface area contributed by atoms with Gasteiger partial charge in [-0.1, -0.05) is 49.4 Å². The predicted octanol–water partition coefficient (Wildman–Crippen LogP) is 4.91. The summed E-state index contributed by atoms with van der Waals surface area (Å²) in [6.45, 7) is 0. The molecule has 3 nitrogen and oxygen atoms in total. The minimum absolute atomic E-state index is 0.423. The van der Waals surface area contributed by atoms with Crippen molar-refractivity contribution in [3.05, 3.63) is 41.0 Å². The number of nitrogens with zero attached hydrogens (tertiary/aromatic N) is 2. The van der Waals surface area contributed by atoms with E-state index in [1.165, 1.54) is 25.7 Å². The first-order valence-electron chi connectivity index (χ1n) is 7.58. The fourth-order valence-corrected chi connectivity index (χ4v) is 3.16. The van der Waals surface area contributed by atoms with Crippen LogP contribution in [0.15, 0.2) is 30.5 Å². The number of carbonyl (C=O) groups excluding carboxylic acids is 1. The monoisotopic (exact) mass is 302 g/mol. The average molecular weight is 303 g/mol. The van der Waals surface area contributed by atoms with Gasteiger partial charge in [0.15, 0.2) is 6.29 Å². The van der Waals surface area contributed by atoms with Crippen LogP contribution in [0.1, 0.15) is 54.9 Å². The molecule has 0 bridgehead atoms. The van der Waals surface area contributed by atoms with E-state index in [9.17, 15) is 4.79 Å². The van der Waals surface area contributed by atoms with E-state index < -0.39 is 0 Å². The van der Waals surface area contributed by atoms with Crippen molar-refractivity contribution in [3.63, 3.8) is 0 Å². The van der Waals surface area contributed by atoms with Crippen molar-refractivity contribution in [1.82, 2.24) is 9.78 Å². The molecule has 1 aromatic heterocycles. The van der Waals surface area contributed by atoms with E-state index in [4.69, 9.17) is 11.6 Å². The van der Waals surface area contributed by atoms with Gasteiger partial charge in [-0.15, -0.1) is 0 Å². The highest BCUT2D eigenvalue weighted by atomic mass is 35.5. The van der Waals surface area contributed by atoms with Crippen LogP contribution in [0.4, 0.5) is 0 Å². The van der Waals surface area contributed by atoms with E-state index in [1.807, 2.05) is 35.1 Å². The first-order valence-corrected chi connectivity index (χ1v) is 7.96. The Balaban J connectivity index is 1.93. The average Bonchev–Trinajstić information content (AvgIpc) is 2.75. The number of hydrogen-bond acceptors (Lipinski definition) is 2. The molecule has 0 amide bonds. The summed E-state index contributed by atoms with van der Waals surface area (Å²) in [5.74, 6) is 0. The lowest BCUT2D eigenvalue weighted by Crippen LogP contribution is -2.08. The van der Waals surface area contributed by atoms with Gasteiger partial charge in [-0.25, -0.2) is 0 Å². The molecule has 1 aliphatic carbocycles.